The van der Waals surface area contributed by atoms with Crippen LogP contribution in [0, 0.1) is 26.7 Å². The average molecular weight is 246 g/mol. The Bertz CT molecular complexity index is 443. The Morgan fingerprint density at radius 1 is 1.17 bits per heavy atom. The fourth-order valence-corrected chi connectivity index (χ4v) is 2.66. The maximum Gasteiger partial charge on any atom is 0.173 e. The highest BCUT2D eigenvalue weighted by Crippen LogP contribution is 2.28. The zero-order valence-electron chi connectivity index (χ0n) is 11.6. The Morgan fingerprint density at radius 2 is 1.78 bits per heavy atom. The summed E-state index contributed by atoms with van der Waals surface area (Å²) in [5, 5.41) is 0. The molecule has 2 rings (SSSR count). The van der Waals surface area contributed by atoms with Gasteiger partial charge in [-0.1, -0.05) is 25.0 Å². The number of rotatable bonds is 4. The first-order chi connectivity index (χ1) is 8.59. The van der Waals surface area contributed by atoms with Gasteiger partial charge in [0.2, 0.25) is 0 Å². The third-order valence-corrected chi connectivity index (χ3v) is 4.04. The monoisotopic (exact) mass is 246 g/mol. The van der Waals surface area contributed by atoms with Crippen molar-refractivity contribution in [3.8, 4) is 5.75 Å². The molecular weight excluding hydrogens is 224 g/mol. The molecule has 0 aliphatic heterocycles. The van der Waals surface area contributed by atoms with Crippen molar-refractivity contribution in [3.63, 3.8) is 0 Å². The number of carbonyl (C=O) groups excluding carboxylic acids is 1. The van der Waals surface area contributed by atoms with Crippen molar-refractivity contribution >= 4 is 5.78 Å². The van der Waals surface area contributed by atoms with Gasteiger partial charge in [-0.15, -0.1) is 0 Å². The summed E-state index contributed by atoms with van der Waals surface area (Å²) in [7, 11) is 0. The average Bonchev–Trinajstić information content (AvgIpc) is 2.87. The van der Waals surface area contributed by atoms with Gasteiger partial charge in [-0.2, -0.15) is 0 Å². The quantitative estimate of drug-likeness (QED) is 0.808. The molecule has 0 unspecified atom stereocenters. The minimum Gasteiger partial charge on any atom is -0.485 e. The van der Waals surface area contributed by atoms with Crippen LogP contribution in [0.15, 0.2) is 12.1 Å². The molecule has 0 radical (unpaired) electrons. The summed E-state index contributed by atoms with van der Waals surface area (Å²) in [5.74, 6) is 1.41. The number of ether oxygens (including phenoxy) is 1. The van der Waals surface area contributed by atoms with Crippen molar-refractivity contribution in [2.45, 2.75) is 46.5 Å². The van der Waals surface area contributed by atoms with E-state index in [-0.39, 0.29) is 18.3 Å². The summed E-state index contributed by atoms with van der Waals surface area (Å²) in [6.07, 6.45) is 4.49. The highest BCUT2D eigenvalue weighted by molar-refractivity contribution is 5.82. The molecule has 2 heteroatoms. The molecule has 2 nitrogen and oxygen atoms in total. The van der Waals surface area contributed by atoms with Gasteiger partial charge in [0.25, 0.3) is 0 Å². The van der Waals surface area contributed by atoms with E-state index in [9.17, 15) is 4.79 Å². The lowest BCUT2D eigenvalue weighted by Gasteiger charge is -2.15. The molecule has 18 heavy (non-hydrogen) atoms. The predicted molar refractivity (Wildman–Crippen MR) is 73.1 cm³/mol. The molecule has 1 aromatic rings. The van der Waals surface area contributed by atoms with Crippen LogP contribution in [0.25, 0.3) is 0 Å². The third-order valence-electron chi connectivity index (χ3n) is 4.04. The molecule has 1 saturated carbocycles. The van der Waals surface area contributed by atoms with Crippen LogP contribution in [0.4, 0.5) is 0 Å². The van der Waals surface area contributed by atoms with Crippen molar-refractivity contribution in [2.75, 3.05) is 6.61 Å². The lowest BCUT2D eigenvalue weighted by Crippen LogP contribution is -2.19. The number of hydrogen-bond acceptors (Lipinski definition) is 2. The second kappa shape index (κ2) is 5.55. The Kier molecular flexibility index (Phi) is 4.05. The normalized spacial score (nSPS) is 15.9. The van der Waals surface area contributed by atoms with Crippen molar-refractivity contribution in [1.29, 1.82) is 0 Å². The van der Waals surface area contributed by atoms with E-state index in [0.29, 0.717) is 0 Å². The fourth-order valence-electron chi connectivity index (χ4n) is 2.66. The molecule has 0 heterocycles. The Hall–Kier alpha value is -1.31. The van der Waals surface area contributed by atoms with E-state index < -0.39 is 0 Å². The topological polar surface area (TPSA) is 26.3 Å². The Morgan fingerprint density at radius 3 is 2.44 bits per heavy atom. The molecule has 0 amide bonds. The summed E-state index contributed by atoms with van der Waals surface area (Å²) >= 11 is 0. The molecule has 0 saturated heterocycles. The van der Waals surface area contributed by atoms with Crippen LogP contribution in [0.1, 0.15) is 42.4 Å². The molecule has 1 aliphatic rings. The van der Waals surface area contributed by atoms with Gasteiger partial charge >= 0.3 is 0 Å². The molecule has 0 bridgehead atoms. The van der Waals surface area contributed by atoms with Crippen LogP contribution >= 0.6 is 0 Å². The van der Waals surface area contributed by atoms with E-state index >= 15 is 0 Å². The van der Waals surface area contributed by atoms with Crippen LogP contribution < -0.4 is 4.74 Å². The lowest BCUT2D eigenvalue weighted by atomic mass is 10.0. The third kappa shape index (κ3) is 2.74. The number of benzene rings is 1. The van der Waals surface area contributed by atoms with Gasteiger partial charge in [0, 0.05) is 5.92 Å². The minimum absolute atomic E-state index is 0.232. The van der Waals surface area contributed by atoms with Gasteiger partial charge in [0.05, 0.1) is 0 Å². The summed E-state index contributed by atoms with van der Waals surface area (Å²) in [6, 6.07) is 4.15. The lowest BCUT2D eigenvalue weighted by molar-refractivity contribution is -0.124. The van der Waals surface area contributed by atoms with Crippen molar-refractivity contribution in [3.05, 3.63) is 28.8 Å². The van der Waals surface area contributed by atoms with Gasteiger partial charge in [-0.3, -0.25) is 4.79 Å². The zero-order chi connectivity index (χ0) is 13.1. The first-order valence-corrected chi connectivity index (χ1v) is 6.82. The second-order valence-corrected chi connectivity index (χ2v) is 5.39. The van der Waals surface area contributed by atoms with Gasteiger partial charge in [0.15, 0.2) is 5.78 Å². The molecule has 1 aliphatic carbocycles. The molecule has 0 aromatic heterocycles. The predicted octanol–water partition coefficient (Wildman–Crippen LogP) is 3.75. The molecule has 0 atom stereocenters. The van der Waals surface area contributed by atoms with E-state index in [1.165, 1.54) is 18.4 Å². The molecule has 98 valence electrons. The molecule has 1 aromatic carbocycles. The van der Waals surface area contributed by atoms with Crippen molar-refractivity contribution in [1.82, 2.24) is 0 Å². The largest absolute Gasteiger partial charge is 0.485 e. The fraction of sp³-hybridized carbons (Fsp3) is 0.562. The maximum absolute atomic E-state index is 12.0. The standard InChI is InChI=1S/C16H22O2/c1-11-8-9-12(2)16(13(11)3)18-10-15(17)14-6-4-5-7-14/h8-9,14H,4-7,10H2,1-3H3. The number of ketones is 1. The maximum atomic E-state index is 12.0. The molecule has 1 fully saturated rings. The van der Waals surface area contributed by atoms with E-state index in [4.69, 9.17) is 4.74 Å². The first kappa shape index (κ1) is 13.1. The number of hydrogen-bond donors (Lipinski definition) is 0. The van der Waals surface area contributed by atoms with Crippen molar-refractivity contribution < 1.29 is 9.53 Å². The zero-order valence-corrected chi connectivity index (χ0v) is 11.6. The molecular formula is C16H22O2. The minimum atomic E-state index is 0.232. The number of Topliss-reactive ketones (excluding diaryl/α,β-unsaturated/α-hetero) is 1. The molecule has 0 N–H and O–H groups in total. The second-order valence-electron chi connectivity index (χ2n) is 5.39. The van der Waals surface area contributed by atoms with Gasteiger partial charge in [0.1, 0.15) is 12.4 Å². The van der Waals surface area contributed by atoms with Gasteiger partial charge in [-0.25, -0.2) is 0 Å². The Balaban J connectivity index is 2.01. The highest BCUT2D eigenvalue weighted by Gasteiger charge is 2.23. The number of aryl methyl sites for hydroxylation is 2. The van der Waals surface area contributed by atoms with E-state index in [2.05, 4.69) is 26.0 Å². The van der Waals surface area contributed by atoms with Crippen LogP contribution in [-0.2, 0) is 4.79 Å². The summed E-state index contributed by atoms with van der Waals surface area (Å²) < 4.78 is 5.77. The Labute approximate surface area is 109 Å². The van der Waals surface area contributed by atoms with E-state index in [0.717, 1.165) is 29.7 Å². The summed E-state index contributed by atoms with van der Waals surface area (Å²) in [4.78, 5) is 12.0. The van der Waals surface area contributed by atoms with Crippen molar-refractivity contribution in [2.24, 2.45) is 5.92 Å². The van der Waals surface area contributed by atoms with Crippen LogP contribution in [0.5, 0.6) is 5.75 Å². The van der Waals surface area contributed by atoms with E-state index in [1.807, 2.05) is 6.92 Å². The molecule has 0 spiro atoms. The summed E-state index contributed by atoms with van der Waals surface area (Å²) in [5.41, 5.74) is 3.47. The SMILES string of the molecule is Cc1ccc(C)c(OCC(=O)C2CCCC2)c1C. The van der Waals surface area contributed by atoms with Crippen LogP contribution in [0.2, 0.25) is 0 Å². The highest BCUT2D eigenvalue weighted by atomic mass is 16.5. The summed E-state index contributed by atoms with van der Waals surface area (Å²) in [6.45, 7) is 6.38. The van der Waals surface area contributed by atoms with Crippen LogP contribution in [0.3, 0.4) is 0 Å². The van der Waals surface area contributed by atoms with Gasteiger partial charge < -0.3 is 4.74 Å². The van der Waals surface area contributed by atoms with Gasteiger partial charge in [-0.05, 0) is 50.3 Å². The van der Waals surface area contributed by atoms with Crippen LogP contribution in [-0.4, -0.2) is 12.4 Å². The first-order valence-electron chi connectivity index (χ1n) is 6.82. The smallest absolute Gasteiger partial charge is 0.173 e. The number of carbonyl (C=O) groups is 1. The van der Waals surface area contributed by atoms with E-state index in [1.54, 1.807) is 0 Å².